The van der Waals surface area contributed by atoms with Crippen molar-refractivity contribution < 1.29 is 0 Å². The molecule has 0 unspecified atom stereocenters. The van der Waals surface area contributed by atoms with E-state index < -0.39 is 0 Å². The van der Waals surface area contributed by atoms with Crippen LogP contribution >= 0.6 is 43.2 Å². The number of hydrogen-bond donors (Lipinski definition) is 0. The molecule has 0 saturated carbocycles. The van der Waals surface area contributed by atoms with E-state index in [2.05, 4.69) is 223 Å². The molecule has 61 heavy (non-hydrogen) atoms. The number of halogens is 2. The third-order valence-corrected chi connectivity index (χ3v) is 14.4. The van der Waals surface area contributed by atoms with E-state index in [4.69, 9.17) is 9.97 Å². The number of fused-ring (bicyclic) bond motifs is 13. The van der Waals surface area contributed by atoms with E-state index >= 15 is 0 Å². The Morgan fingerprint density at radius 3 is 1.18 bits per heavy atom. The van der Waals surface area contributed by atoms with Crippen molar-refractivity contribution in [2.24, 2.45) is 0 Å². The average molecular weight is 927 g/mol. The minimum Gasteiger partial charge on any atom is -0.309 e. The number of hydrogen-bond acceptors (Lipinski definition) is 3. The molecule has 0 fully saturated rings. The van der Waals surface area contributed by atoms with Gasteiger partial charge in [-0.25, -0.2) is 9.97 Å². The van der Waals surface area contributed by atoms with E-state index in [9.17, 15) is 0 Å². The van der Waals surface area contributed by atoms with Crippen LogP contribution in [-0.2, 0) is 0 Å². The van der Waals surface area contributed by atoms with Gasteiger partial charge in [0.05, 0.1) is 42.9 Å². The maximum absolute atomic E-state index is 5.71. The predicted octanol–water partition coefficient (Wildman–Crippen LogP) is 16.2. The smallest absolute Gasteiger partial charge is 0.109 e. The van der Waals surface area contributed by atoms with Crippen LogP contribution in [0.15, 0.2) is 191 Å². The molecule has 0 bridgehead atoms. The predicted molar refractivity (Wildman–Crippen MR) is 265 cm³/mol. The molecule has 7 heteroatoms. The van der Waals surface area contributed by atoms with E-state index in [1.807, 2.05) is 0 Å². The van der Waals surface area contributed by atoms with Crippen LogP contribution in [0.25, 0.3) is 119 Å². The number of rotatable bonds is 4. The lowest BCUT2D eigenvalue weighted by Crippen LogP contribution is -1.94. The Morgan fingerprint density at radius 2 is 0.721 bits per heavy atom. The summed E-state index contributed by atoms with van der Waals surface area (Å²) in [6.07, 6.45) is 0. The van der Waals surface area contributed by atoms with Crippen LogP contribution < -0.4 is 0 Å². The van der Waals surface area contributed by atoms with Crippen molar-refractivity contribution in [2.75, 3.05) is 0 Å². The first kappa shape index (κ1) is 35.1. The number of para-hydroxylation sites is 4. The van der Waals surface area contributed by atoms with Crippen molar-refractivity contribution in [1.29, 1.82) is 0 Å². The second-order valence-corrected chi connectivity index (χ2v) is 18.5. The van der Waals surface area contributed by atoms with Gasteiger partial charge < -0.3 is 9.13 Å². The van der Waals surface area contributed by atoms with Gasteiger partial charge in [-0.15, -0.1) is 11.3 Å². The lowest BCUT2D eigenvalue weighted by Gasteiger charge is -2.11. The molecule has 0 saturated heterocycles. The van der Waals surface area contributed by atoms with E-state index in [-0.39, 0.29) is 0 Å². The van der Waals surface area contributed by atoms with Crippen molar-refractivity contribution >= 4 is 130 Å². The Hall–Kier alpha value is -6.64. The number of aromatic nitrogens is 4. The summed E-state index contributed by atoms with van der Waals surface area (Å²) >= 11 is 9.31. The molecule has 13 aromatic rings. The van der Waals surface area contributed by atoms with Crippen LogP contribution in [0, 0.1) is 0 Å². The summed E-state index contributed by atoms with van der Waals surface area (Å²) in [5, 5.41) is 9.31. The standard InChI is InChI=1S/C54H30Br2N4S/c55-33-21-25-41-43(29-33)44-30-34(56)22-26-42(44)50-49(41)57-51-52(58-50)54(32-20-24-40-38-16-8-10-18-46(38)60(48(40)28-32)36-13-5-2-6-14-36)61-53(51)31-19-23-39-37-15-7-9-17-45(37)59(47(39)27-31)35-11-3-1-4-12-35/h1-30H. The Kier molecular flexibility index (Phi) is 7.74. The summed E-state index contributed by atoms with van der Waals surface area (Å²) in [6.45, 7) is 0. The number of nitrogens with zero attached hydrogens (tertiary/aromatic N) is 4. The fourth-order valence-corrected chi connectivity index (χ4v) is 11.4. The van der Waals surface area contributed by atoms with Crippen molar-refractivity contribution in [3.63, 3.8) is 0 Å². The highest BCUT2D eigenvalue weighted by Crippen LogP contribution is 2.47. The summed E-state index contributed by atoms with van der Waals surface area (Å²) in [5.41, 5.74) is 12.8. The van der Waals surface area contributed by atoms with Crippen LogP contribution in [0.2, 0.25) is 0 Å². The molecule has 0 atom stereocenters. The molecule has 0 radical (unpaired) electrons. The summed E-state index contributed by atoms with van der Waals surface area (Å²) in [5.74, 6) is 0. The van der Waals surface area contributed by atoms with Gasteiger partial charge >= 0.3 is 0 Å². The highest BCUT2D eigenvalue weighted by atomic mass is 79.9. The SMILES string of the molecule is Brc1ccc2c(c1)c1cc(Br)ccc1c1nc3c(-c4ccc5c6ccccc6n(-c6ccccc6)c5c4)sc(-c4ccc5c6ccccc6n(-c6ccccc6)c5c4)c3nc21. The van der Waals surface area contributed by atoms with E-state index in [0.717, 1.165) is 95.8 Å². The quantitative estimate of drug-likeness (QED) is 0.165. The molecule has 0 N–H and O–H groups in total. The molecule has 0 aliphatic carbocycles. The fraction of sp³-hybridized carbons (Fsp3) is 0. The maximum atomic E-state index is 5.71. The molecule has 4 heterocycles. The van der Waals surface area contributed by atoms with Gasteiger partial charge in [-0.05, 0) is 94.7 Å². The third kappa shape index (κ3) is 5.27. The van der Waals surface area contributed by atoms with Crippen molar-refractivity contribution in [2.45, 2.75) is 0 Å². The summed E-state index contributed by atoms with van der Waals surface area (Å²) in [4.78, 5) is 13.6. The molecule has 0 spiro atoms. The molecular weight excluding hydrogens is 896 g/mol. The van der Waals surface area contributed by atoms with Gasteiger partial charge in [0.2, 0.25) is 0 Å². The van der Waals surface area contributed by atoms with Crippen LogP contribution in [0.1, 0.15) is 0 Å². The van der Waals surface area contributed by atoms with Gasteiger partial charge in [0.1, 0.15) is 11.0 Å². The van der Waals surface area contributed by atoms with Gasteiger partial charge in [-0.3, -0.25) is 0 Å². The molecule has 0 aliphatic heterocycles. The van der Waals surface area contributed by atoms with E-state index in [1.54, 1.807) is 11.3 Å². The van der Waals surface area contributed by atoms with Crippen LogP contribution in [-0.4, -0.2) is 19.1 Å². The van der Waals surface area contributed by atoms with Crippen molar-refractivity contribution in [3.05, 3.63) is 191 Å². The molecular formula is C54H30Br2N4S. The first-order chi connectivity index (χ1) is 30.1. The highest BCUT2D eigenvalue weighted by Gasteiger charge is 2.23. The topological polar surface area (TPSA) is 35.6 Å². The molecule has 4 aromatic heterocycles. The van der Waals surface area contributed by atoms with Crippen LogP contribution in [0.4, 0.5) is 0 Å². The maximum Gasteiger partial charge on any atom is 0.109 e. The first-order valence-corrected chi connectivity index (χ1v) is 22.6. The number of thiophene rings is 1. The monoisotopic (exact) mass is 924 g/mol. The highest BCUT2D eigenvalue weighted by molar-refractivity contribution is 9.10. The minimum absolute atomic E-state index is 0.898. The number of benzene rings is 9. The largest absolute Gasteiger partial charge is 0.309 e. The van der Waals surface area contributed by atoms with Gasteiger partial charge in [0.25, 0.3) is 0 Å². The van der Waals surface area contributed by atoms with Crippen LogP contribution in [0.5, 0.6) is 0 Å². The molecule has 4 nitrogen and oxygen atoms in total. The molecule has 9 aromatic carbocycles. The van der Waals surface area contributed by atoms with Gasteiger partial charge in [0.15, 0.2) is 0 Å². The molecule has 13 rings (SSSR count). The molecule has 0 aliphatic rings. The normalized spacial score (nSPS) is 12.1. The second kappa shape index (κ2) is 13.4. The van der Waals surface area contributed by atoms with Gasteiger partial charge in [0, 0.05) is 52.6 Å². The van der Waals surface area contributed by atoms with E-state index in [1.165, 1.54) is 32.6 Å². The Morgan fingerprint density at radius 1 is 0.328 bits per heavy atom. The second-order valence-electron chi connectivity index (χ2n) is 15.6. The van der Waals surface area contributed by atoms with Crippen molar-refractivity contribution in [3.8, 4) is 32.3 Å². The minimum atomic E-state index is 0.898. The van der Waals surface area contributed by atoms with Gasteiger partial charge in [-0.2, -0.15) is 0 Å². The summed E-state index contributed by atoms with van der Waals surface area (Å²) < 4.78 is 6.83. The zero-order valence-corrected chi connectivity index (χ0v) is 36.3. The summed E-state index contributed by atoms with van der Waals surface area (Å²) in [6, 6.07) is 65.5. The first-order valence-electron chi connectivity index (χ1n) is 20.2. The molecule has 286 valence electrons. The van der Waals surface area contributed by atoms with Gasteiger partial charge in [-0.1, -0.05) is 141 Å². The molecule has 0 amide bonds. The van der Waals surface area contributed by atoms with Crippen molar-refractivity contribution in [1.82, 2.24) is 19.1 Å². The Bertz CT molecular complexity index is 3700. The Balaban J connectivity index is 1.15. The fourth-order valence-electron chi connectivity index (χ4n) is 9.54. The third-order valence-electron chi connectivity index (χ3n) is 12.2. The average Bonchev–Trinajstić information content (AvgIpc) is 3.96. The Labute approximate surface area is 370 Å². The zero-order valence-electron chi connectivity index (χ0n) is 32.3. The van der Waals surface area contributed by atoms with Crippen LogP contribution in [0.3, 0.4) is 0 Å². The zero-order chi connectivity index (χ0) is 40.3. The lowest BCUT2D eigenvalue weighted by molar-refractivity contribution is 1.18. The van der Waals surface area contributed by atoms with E-state index in [0.29, 0.717) is 0 Å². The summed E-state index contributed by atoms with van der Waals surface area (Å²) in [7, 11) is 0. The lowest BCUT2D eigenvalue weighted by atomic mass is 9.99.